The highest BCUT2D eigenvalue weighted by Gasteiger charge is 2.28. The number of likely N-dealkylation sites (tertiary alicyclic amines) is 1. The van der Waals surface area contributed by atoms with Gasteiger partial charge in [0.15, 0.2) is 9.84 Å². The second-order valence-electron chi connectivity index (χ2n) is 5.99. The first-order valence-electron chi connectivity index (χ1n) is 7.81. The lowest BCUT2D eigenvalue weighted by Crippen LogP contribution is -2.32. The quantitative estimate of drug-likeness (QED) is 0.886. The summed E-state index contributed by atoms with van der Waals surface area (Å²) in [6, 6.07) is 10.8. The third-order valence-corrected chi connectivity index (χ3v) is 6.21. The minimum Gasteiger partial charge on any atom is -0.325 e. The number of nitrogens with one attached hydrogen (secondary N) is 1. The summed E-state index contributed by atoms with van der Waals surface area (Å²) >= 11 is 1.72. The van der Waals surface area contributed by atoms with Gasteiger partial charge in [0.2, 0.25) is 5.91 Å². The number of rotatable bonds is 5. The van der Waals surface area contributed by atoms with E-state index < -0.39 is 9.84 Å². The number of thiophene rings is 1. The topological polar surface area (TPSA) is 66.5 Å². The van der Waals surface area contributed by atoms with Crippen LogP contribution in [0.4, 0.5) is 5.69 Å². The molecule has 0 bridgehead atoms. The first-order chi connectivity index (χ1) is 11.4. The maximum atomic E-state index is 12.3. The van der Waals surface area contributed by atoms with E-state index in [9.17, 15) is 13.2 Å². The molecule has 1 aromatic heterocycles. The van der Waals surface area contributed by atoms with Crippen LogP contribution in [0.1, 0.15) is 23.8 Å². The molecule has 2 heterocycles. The number of sulfone groups is 1. The van der Waals surface area contributed by atoms with Crippen LogP contribution in [0, 0.1) is 0 Å². The number of carbonyl (C=O) groups is 1. The van der Waals surface area contributed by atoms with E-state index in [4.69, 9.17) is 0 Å². The van der Waals surface area contributed by atoms with Crippen LogP contribution in [0.15, 0.2) is 46.7 Å². The molecule has 2 aromatic rings. The monoisotopic (exact) mass is 364 g/mol. The van der Waals surface area contributed by atoms with Gasteiger partial charge in [0.1, 0.15) is 0 Å². The zero-order valence-corrected chi connectivity index (χ0v) is 15.1. The zero-order valence-electron chi connectivity index (χ0n) is 13.4. The van der Waals surface area contributed by atoms with E-state index in [1.165, 1.54) is 17.0 Å². The van der Waals surface area contributed by atoms with Crippen LogP contribution >= 0.6 is 11.3 Å². The van der Waals surface area contributed by atoms with E-state index in [2.05, 4.69) is 21.7 Å². The lowest BCUT2D eigenvalue weighted by atomic mass is 10.2. The van der Waals surface area contributed by atoms with Gasteiger partial charge >= 0.3 is 0 Å². The van der Waals surface area contributed by atoms with Crippen molar-refractivity contribution >= 4 is 32.8 Å². The Morgan fingerprint density at radius 3 is 2.88 bits per heavy atom. The predicted molar refractivity (Wildman–Crippen MR) is 96.0 cm³/mol. The van der Waals surface area contributed by atoms with Crippen molar-refractivity contribution in [3.63, 3.8) is 0 Å². The van der Waals surface area contributed by atoms with Gasteiger partial charge in [-0.3, -0.25) is 9.69 Å². The Balaban J connectivity index is 1.66. The molecule has 0 aliphatic carbocycles. The zero-order chi connectivity index (χ0) is 17.2. The number of amides is 1. The summed E-state index contributed by atoms with van der Waals surface area (Å²) in [5, 5.41) is 4.86. The highest BCUT2D eigenvalue weighted by atomic mass is 32.2. The van der Waals surface area contributed by atoms with Gasteiger partial charge < -0.3 is 5.32 Å². The average molecular weight is 364 g/mol. The van der Waals surface area contributed by atoms with Crippen molar-refractivity contribution in [3.8, 4) is 0 Å². The van der Waals surface area contributed by atoms with Gasteiger partial charge in [-0.2, -0.15) is 0 Å². The summed E-state index contributed by atoms with van der Waals surface area (Å²) < 4.78 is 23.2. The van der Waals surface area contributed by atoms with Gasteiger partial charge in [0.25, 0.3) is 0 Å². The number of anilines is 1. The third kappa shape index (κ3) is 4.03. The van der Waals surface area contributed by atoms with Crippen molar-refractivity contribution in [2.75, 3.05) is 24.7 Å². The Labute approximate surface area is 146 Å². The molecule has 1 fully saturated rings. The maximum Gasteiger partial charge on any atom is 0.238 e. The second-order valence-corrected chi connectivity index (χ2v) is 8.99. The molecule has 1 saturated heterocycles. The molecule has 1 amide bonds. The number of nitrogens with zero attached hydrogens (tertiary/aromatic N) is 1. The summed E-state index contributed by atoms with van der Waals surface area (Å²) in [6.07, 6.45) is 3.31. The highest BCUT2D eigenvalue weighted by molar-refractivity contribution is 7.90. The first-order valence-corrected chi connectivity index (χ1v) is 10.6. The molecule has 1 aromatic carbocycles. The Morgan fingerprint density at radius 2 is 2.17 bits per heavy atom. The lowest BCUT2D eigenvalue weighted by Gasteiger charge is -2.22. The molecule has 128 valence electrons. The summed E-state index contributed by atoms with van der Waals surface area (Å²) in [5.74, 6) is -0.121. The fourth-order valence-corrected chi connectivity index (χ4v) is 4.57. The van der Waals surface area contributed by atoms with Gasteiger partial charge in [-0.15, -0.1) is 11.3 Å². The number of benzene rings is 1. The molecule has 1 atom stereocenters. The Bertz CT molecular complexity index is 816. The summed E-state index contributed by atoms with van der Waals surface area (Å²) in [4.78, 5) is 16.0. The molecule has 1 aliphatic rings. The number of hydrogen-bond acceptors (Lipinski definition) is 5. The van der Waals surface area contributed by atoms with Gasteiger partial charge in [0.05, 0.1) is 11.4 Å². The molecule has 7 heteroatoms. The normalized spacial score (nSPS) is 18.6. The second kappa shape index (κ2) is 7.04. The molecule has 1 N–H and O–H groups in total. The molecule has 24 heavy (non-hydrogen) atoms. The van der Waals surface area contributed by atoms with Crippen molar-refractivity contribution < 1.29 is 13.2 Å². The predicted octanol–water partition coefficient (Wildman–Crippen LogP) is 2.93. The molecule has 0 saturated carbocycles. The van der Waals surface area contributed by atoms with E-state index >= 15 is 0 Å². The average Bonchev–Trinajstić information content (AvgIpc) is 3.17. The summed E-state index contributed by atoms with van der Waals surface area (Å²) in [6.45, 7) is 1.21. The molecule has 5 nitrogen and oxygen atoms in total. The molecular formula is C17H20N2O3S2. The van der Waals surface area contributed by atoms with Gasteiger partial charge in [-0.05, 0) is 49.0 Å². The van der Waals surface area contributed by atoms with Crippen LogP contribution in [0.5, 0.6) is 0 Å². The summed E-state index contributed by atoms with van der Waals surface area (Å²) in [5.41, 5.74) is 0.509. The number of hydrogen-bond donors (Lipinski definition) is 1. The number of carbonyl (C=O) groups excluding carboxylic acids is 1. The highest BCUT2D eigenvalue weighted by Crippen LogP contribution is 2.34. The van der Waals surface area contributed by atoms with Crippen LogP contribution in [0.2, 0.25) is 0 Å². The molecule has 0 spiro atoms. The largest absolute Gasteiger partial charge is 0.325 e. The van der Waals surface area contributed by atoms with Crippen molar-refractivity contribution in [1.29, 1.82) is 0 Å². The molecule has 1 aliphatic heterocycles. The van der Waals surface area contributed by atoms with Crippen molar-refractivity contribution in [1.82, 2.24) is 4.90 Å². The minimum absolute atomic E-state index is 0.121. The van der Waals surface area contributed by atoms with E-state index in [1.54, 1.807) is 23.5 Å². The molecule has 3 rings (SSSR count). The van der Waals surface area contributed by atoms with E-state index in [0.29, 0.717) is 18.3 Å². The fourth-order valence-electron chi connectivity index (χ4n) is 3.01. The fraction of sp³-hybridized carbons (Fsp3) is 0.353. The minimum atomic E-state index is -3.28. The third-order valence-electron chi connectivity index (χ3n) is 4.13. The van der Waals surface area contributed by atoms with Gasteiger partial charge in [-0.25, -0.2) is 8.42 Å². The van der Waals surface area contributed by atoms with Crippen LogP contribution < -0.4 is 5.32 Å². The van der Waals surface area contributed by atoms with E-state index in [1.807, 2.05) is 6.07 Å². The van der Waals surface area contributed by atoms with Crippen LogP contribution in [-0.2, 0) is 14.6 Å². The maximum absolute atomic E-state index is 12.3. The molecular weight excluding hydrogens is 344 g/mol. The summed E-state index contributed by atoms with van der Waals surface area (Å²) in [7, 11) is -3.28. The van der Waals surface area contributed by atoms with Gasteiger partial charge in [0, 0.05) is 22.9 Å². The Hall–Kier alpha value is -1.70. The van der Waals surface area contributed by atoms with Crippen molar-refractivity contribution in [2.45, 2.75) is 23.8 Å². The standard InChI is InChI=1S/C17H20N2O3S2/c1-24(21,22)14-6-2-5-13(11-14)18-17(20)12-19-9-3-7-15(19)16-8-4-10-23-16/h2,4-6,8,10-11,15H,3,7,9,12H2,1H3,(H,18,20)/t15-/m0/s1. The van der Waals surface area contributed by atoms with Crippen molar-refractivity contribution in [2.24, 2.45) is 0 Å². The van der Waals surface area contributed by atoms with Crippen LogP contribution in [-0.4, -0.2) is 38.6 Å². The molecule has 0 radical (unpaired) electrons. The SMILES string of the molecule is CS(=O)(=O)c1cccc(NC(=O)CN2CCC[C@H]2c2cccs2)c1. The first kappa shape index (κ1) is 17.1. The Kier molecular flexibility index (Phi) is 5.03. The Morgan fingerprint density at radius 1 is 1.33 bits per heavy atom. The van der Waals surface area contributed by atoms with Crippen LogP contribution in [0.3, 0.4) is 0 Å². The van der Waals surface area contributed by atoms with Crippen LogP contribution in [0.25, 0.3) is 0 Å². The van der Waals surface area contributed by atoms with E-state index in [-0.39, 0.29) is 10.8 Å². The van der Waals surface area contributed by atoms with Gasteiger partial charge in [-0.1, -0.05) is 12.1 Å². The lowest BCUT2D eigenvalue weighted by molar-refractivity contribution is -0.117. The van der Waals surface area contributed by atoms with Crippen molar-refractivity contribution in [3.05, 3.63) is 46.7 Å². The molecule has 0 unspecified atom stereocenters. The van der Waals surface area contributed by atoms with E-state index in [0.717, 1.165) is 25.6 Å². The smallest absolute Gasteiger partial charge is 0.238 e.